The van der Waals surface area contributed by atoms with Crippen molar-refractivity contribution in [3.63, 3.8) is 0 Å². The molecule has 0 aliphatic rings. The van der Waals surface area contributed by atoms with Gasteiger partial charge in [-0.1, -0.05) is 6.92 Å². The fourth-order valence-corrected chi connectivity index (χ4v) is 1.94. The first-order chi connectivity index (χ1) is 5.72. The molecule has 0 saturated carbocycles. The van der Waals surface area contributed by atoms with Crippen molar-refractivity contribution in [1.29, 1.82) is 0 Å². The molecule has 2 heteroatoms. The third-order valence-electron chi connectivity index (χ3n) is 1.83. The molecule has 0 unspecified atom stereocenters. The van der Waals surface area contributed by atoms with Gasteiger partial charge in [0.05, 0.1) is 0 Å². The lowest BCUT2D eigenvalue weighted by Crippen LogP contribution is -1.96. The molecule has 1 nitrogen and oxygen atoms in total. The second kappa shape index (κ2) is 4.41. The van der Waals surface area contributed by atoms with Crippen molar-refractivity contribution in [1.82, 2.24) is 0 Å². The Balaban J connectivity index is 2.38. The topological polar surface area (TPSA) is 17.1 Å². The SMILES string of the molecule is CCC(=O)CCc1cc(C)cs1. The summed E-state index contributed by atoms with van der Waals surface area (Å²) in [6.07, 6.45) is 2.30. The Morgan fingerprint density at radius 2 is 2.33 bits per heavy atom. The van der Waals surface area contributed by atoms with Crippen molar-refractivity contribution in [3.05, 3.63) is 21.9 Å². The van der Waals surface area contributed by atoms with E-state index >= 15 is 0 Å². The van der Waals surface area contributed by atoms with Gasteiger partial charge in [-0.25, -0.2) is 0 Å². The van der Waals surface area contributed by atoms with Crippen LogP contribution in [0, 0.1) is 6.92 Å². The highest BCUT2D eigenvalue weighted by Gasteiger charge is 2.00. The smallest absolute Gasteiger partial charge is 0.132 e. The number of hydrogen-bond acceptors (Lipinski definition) is 2. The second-order valence-corrected chi connectivity index (χ2v) is 3.98. The summed E-state index contributed by atoms with van der Waals surface area (Å²) < 4.78 is 0. The van der Waals surface area contributed by atoms with Gasteiger partial charge in [-0.2, -0.15) is 0 Å². The molecule has 1 aromatic heterocycles. The molecule has 0 bridgehead atoms. The molecule has 0 spiro atoms. The molecule has 66 valence electrons. The van der Waals surface area contributed by atoms with Gasteiger partial charge in [0, 0.05) is 17.7 Å². The predicted octanol–water partition coefficient (Wildman–Crippen LogP) is 2.97. The Hall–Kier alpha value is -0.630. The van der Waals surface area contributed by atoms with Crippen LogP contribution in [0.3, 0.4) is 0 Å². The average molecular weight is 182 g/mol. The van der Waals surface area contributed by atoms with Crippen LogP contribution >= 0.6 is 11.3 Å². The molecule has 0 amide bonds. The fraction of sp³-hybridized carbons (Fsp3) is 0.500. The van der Waals surface area contributed by atoms with Crippen LogP contribution < -0.4 is 0 Å². The van der Waals surface area contributed by atoms with E-state index in [1.807, 2.05) is 6.92 Å². The first kappa shape index (κ1) is 9.46. The molecule has 0 saturated heterocycles. The summed E-state index contributed by atoms with van der Waals surface area (Å²) in [5.41, 5.74) is 1.30. The van der Waals surface area contributed by atoms with Gasteiger partial charge in [-0.05, 0) is 30.4 Å². The van der Waals surface area contributed by atoms with Crippen LogP contribution in [0.4, 0.5) is 0 Å². The van der Waals surface area contributed by atoms with Crippen LogP contribution in [-0.4, -0.2) is 5.78 Å². The molecule has 0 radical (unpaired) electrons. The van der Waals surface area contributed by atoms with Gasteiger partial charge in [0.25, 0.3) is 0 Å². The Morgan fingerprint density at radius 1 is 1.58 bits per heavy atom. The number of thiophene rings is 1. The molecule has 0 aliphatic heterocycles. The molecule has 1 heterocycles. The van der Waals surface area contributed by atoms with Crippen LogP contribution in [-0.2, 0) is 11.2 Å². The molecular formula is C10H14OS. The number of carbonyl (C=O) groups is 1. The largest absolute Gasteiger partial charge is 0.300 e. The summed E-state index contributed by atoms with van der Waals surface area (Å²) in [5, 5.41) is 2.13. The first-order valence-corrected chi connectivity index (χ1v) is 5.16. The van der Waals surface area contributed by atoms with Crippen LogP contribution in [0.2, 0.25) is 0 Å². The molecule has 0 aromatic carbocycles. The maximum atomic E-state index is 11.0. The normalized spacial score (nSPS) is 10.2. The molecule has 12 heavy (non-hydrogen) atoms. The number of carbonyl (C=O) groups excluding carboxylic acids is 1. The van der Waals surface area contributed by atoms with Gasteiger partial charge in [0.1, 0.15) is 5.78 Å². The lowest BCUT2D eigenvalue weighted by Gasteiger charge is -1.94. The van der Waals surface area contributed by atoms with Crippen molar-refractivity contribution in [2.45, 2.75) is 33.1 Å². The van der Waals surface area contributed by atoms with Crippen LogP contribution in [0.1, 0.15) is 30.2 Å². The molecule has 0 N–H and O–H groups in total. The van der Waals surface area contributed by atoms with E-state index in [1.165, 1.54) is 10.4 Å². The maximum Gasteiger partial charge on any atom is 0.132 e. The van der Waals surface area contributed by atoms with E-state index in [2.05, 4.69) is 18.4 Å². The van der Waals surface area contributed by atoms with Gasteiger partial charge in [0.2, 0.25) is 0 Å². The molecule has 0 atom stereocenters. The van der Waals surface area contributed by atoms with E-state index < -0.39 is 0 Å². The van der Waals surface area contributed by atoms with Crippen molar-refractivity contribution in [2.24, 2.45) is 0 Å². The number of Topliss-reactive ketones (excluding diaryl/α,β-unsaturated/α-hetero) is 1. The van der Waals surface area contributed by atoms with Gasteiger partial charge in [-0.15, -0.1) is 11.3 Å². The van der Waals surface area contributed by atoms with Crippen molar-refractivity contribution in [2.75, 3.05) is 0 Å². The lowest BCUT2D eigenvalue weighted by atomic mass is 10.1. The summed E-state index contributed by atoms with van der Waals surface area (Å²) in [4.78, 5) is 12.3. The monoisotopic (exact) mass is 182 g/mol. The minimum absolute atomic E-state index is 0.362. The Labute approximate surface area is 77.4 Å². The highest BCUT2D eigenvalue weighted by atomic mass is 32.1. The van der Waals surface area contributed by atoms with Gasteiger partial charge < -0.3 is 0 Å². The third kappa shape index (κ3) is 2.78. The van der Waals surface area contributed by atoms with Crippen molar-refractivity contribution in [3.8, 4) is 0 Å². The van der Waals surface area contributed by atoms with Crippen molar-refractivity contribution < 1.29 is 4.79 Å². The summed E-state index contributed by atoms with van der Waals surface area (Å²) in [6.45, 7) is 4.00. The Kier molecular flexibility index (Phi) is 3.48. The van der Waals surface area contributed by atoms with Crippen molar-refractivity contribution >= 4 is 17.1 Å². The Bertz CT molecular complexity index is 263. The molecule has 0 fully saturated rings. The quantitative estimate of drug-likeness (QED) is 0.699. The minimum atomic E-state index is 0.362. The van der Waals surface area contributed by atoms with E-state index in [0.29, 0.717) is 18.6 Å². The predicted molar refractivity (Wildman–Crippen MR) is 52.7 cm³/mol. The number of hydrogen-bond donors (Lipinski definition) is 0. The number of ketones is 1. The molecular weight excluding hydrogens is 168 g/mol. The van der Waals surface area contributed by atoms with Crippen LogP contribution in [0.25, 0.3) is 0 Å². The van der Waals surface area contributed by atoms with Crippen LogP contribution in [0.5, 0.6) is 0 Å². The molecule has 1 rings (SSSR count). The van der Waals surface area contributed by atoms with E-state index in [-0.39, 0.29) is 0 Å². The van der Waals surface area contributed by atoms with Gasteiger partial charge >= 0.3 is 0 Å². The zero-order valence-corrected chi connectivity index (χ0v) is 8.41. The lowest BCUT2D eigenvalue weighted by molar-refractivity contribution is -0.118. The standard InChI is InChI=1S/C10H14OS/c1-3-9(11)4-5-10-6-8(2)7-12-10/h6-7H,3-5H2,1-2H3. The van der Waals surface area contributed by atoms with E-state index in [9.17, 15) is 4.79 Å². The maximum absolute atomic E-state index is 11.0. The highest BCUT2D eigenvalue weighted by molar-refractivity contribution is 7.10. The van der Waals surface area contributed by atoms with Crippen LogP contribution in [0.15, 0.2) is 11.4 Å². The second-order valence-electron chi connectivity index (χ2n) is 2.98. The minimum Gasteiger partial charge on any atom is -0.300 e. The first-order valence-electron chi connectivity index (χ1n) is 4.28. The summed E-state index contributed by atoms with van der Waals surface area (Å²) in [6, 6.07) is 2.16. The Morgan fingerprint density at radius 3 is 2.83 bits per heavy atom. The number of aryl methyl sites for hydroxylation is 2. The molecule has 0 aliphatic carbocycles. The summed E-state index contributed by atoms with van der Waals surface area (Å²) in [5.74, 6) is 0.362. The van der Waals surface area contributed by atoms with E-state index in [1.54, 1.807) is 11.3 Å². The zero-order chi connectivity index (χ0) is 8.97. The number of rotatable bonds is 4. The summed E-state index contributed by atoms with van der Waals surface area (Å²) in [7, 11) is 0. The van der Waals surface area contributed by atoms with E-state index in [0.717, 1.165) is 6.42 Å². The highest BCUT2D eigenvalue weighted by Crippen LogP contribution is 2.15. The van der Waals surface area contributed by atoms with Gasteiger partial charge in [0.15, 0.2) is 0 Å². The third-order valence-corrected chi connectivity index (χ3v) is 2.94. The average Bonchev–Trinajstić information content (AvgIpc) is 2.47. The zero-order valence-electron chi connectivity index (χ0n) is 7.59. The van der Waals surface area contributed by atoms with Gasteiger partial charge in [-0.3, -0.25) is 4.79 Å². The van der Waals surface area contributed by atoms with E-state index in [4.69, 9.17) is 0 Å². The summed E-state index contributed by atoms with van der Waals surface area (Å²) >= 11 is 1.75. The molecule has 1 aromatic rings. The fourth-order valence-electron chi connectivity index (χ4n) is 1.06.